The Morgan fingerprint density at radius 3 is 2.03 bits per heavy atom. The van der Waals surface area contributed by atoms with Crippen LogP contribution in [0.3, 0.4) is 0 Å². The molecule has 3 saturated heterocycles. The minimum absolute atomic E-state index is 0.225. The Bertz CT molecular complexity index is 1000. The average molecular weight is 449 g/mol. The number of nitrogens with zero attached hydrogens (tertiary/aromatic N) is 2. The Balaban J connectivity index is 1.56. The lowest BCUT2D eigenvalue weighted by Crippen LogP contribution is -2.59. The first kappa shape index (κ1) is 20.8. The molecule has 3 fully saturated rings. The van der Waals surface area contributed by atoms with Crippen molar-refractivity contribution in [3.63, 3.8) is 0 Å². The zero-order valence-electron chi connectivity index (χ0n) is 17.4. The van der Waals surface area contributed by atoms with E-state index in [4.69, 9.17) is 28.2 Å². The van der Waals surface area contributed by atoms with E-state index >= 15 is 0 Å². The van der Waals surface area contributed by atoms with E-state index in [1.165, 1.54) is 24.0 Å². The molecule has 31 heavy (non-hydrogen) atoms. The van der Waals surface area contributed by atoms with Gasteiger partial charge in [0.2, 0.25) is 0 Å². The average Bonchev–Trinajstić information content (AvgIpc) is 2.83. The molecular formula is C27H26Cl2N2. The second kappa shape index (κ2) is 9.16. The molecule has 0 amide bonds. The van der Waals surface area contributed by atoms with E-state index in [-0.39, 0.29) is 12.0 Å². The highest BCUT2D eigenvalue weighted by atomic mass is 35.5. The van der Waals surface area contributed by atoms with Gasteiger partial charge in [-0.15, -0.1) is 0 Å². The molecule has 2 atom stereocenters. The Morgan fingerprint density at radius 1 is 0.806 bits per heavy atom. The van der Waals surface area contributed by atoms with Gasteiger partial charge in [-0.25, -0.2) is 0 Å². The first-order valence-electron chi connectivity index (χ1n) is 11.0. The summed E-state index contributed by atoms with van der Waals surface area (Å²) in [5.41, 5.74) is 3.60. The second-order valence-corrected chi connectivity index (χ2v) is 9.36. The van der Waals surface area contributed by atoms with E-state index < -0.39 is 0 Å². The summed E-state index contributed by atoms with van der Waals surface area (Å²) in [6.45, 7) is 2.30. The number of hydrogen-bond donors (Lipinski definition) is 0. The molecule has 3 heterocycles. The lowest BCUT2D eigenvalue weighted by Gasteiger charge is -2.52. The standard InChI is InChI=1S/C27H26Cl2N2/c28-23-13-7-12-22(25(23)29)18-30-26-21-14-16-31(17-15-21)27(26)24(19-8-3-1-4-9-19)20-10-5-2-6-11-20/h1-13,18,21,24,26-27H,14-17H2/b30-18+/t26-,27+/m1/s1. The van der Waals surface area contributed by atoms with Crippen molar-refractivity contribution in [1.82, 2.24) is 4.90 Å². The van der Waals surface area contributed by atoms with Crippen LogP contribution in [0.15, 0.2) is 83.9 Å². The number of fused-ring (bicyclic) bond motifs is 3. The zero-order valence-corrected chi connectivity index (χ0v) is 18.9. The van der Waals surface area contributed by atoms with E-state index in [0.717, 1.165) is 18.7 Å². The van der Waals surface area contributed by atoms with Crippen LogP contribution in [0.2, 0.25) is 10.0 Å². The van der Waals surface area contributed by atoms with Crippen LogP contribution in [-0.4, -0.2) is 36.3 Å². The molecule has 4 heteroatoms. The first-order chi connectivity index (χ1) is 15.2. The Hall–Kier alpha value is -2.13. The molecule has 0 N–H and O–H groups in total. The smallest absolute Gasteiger partial charge is 0.0693 e. The predicted octanol–water partition coefficient (Wildman–Crippen LogP) is 6.71. The maximum absolute atomic E-state index is 6.45. The van der Waals surface area contributed by atoms with E-state index in [1.54, 1.807) is 0 Å². The molecule has 3 aromatic rings. The van der Waals surface area contributed by atoms with Gasteiger partial charge in [-0.1, -0.05) is 96.0 Å². The van der Waals surface area contributed by atoms with E-state index in [0.29, 0.717) is 22.0 Å². The molecule has 6 rings (SSSR count). The van der Waals surface area contributed by atoms with Crippen LogP contribution in [0, 0.1) is 5.92 Å². The van der Waals surface area contributed by atoms with E-state index in [1.807, 2.05) is 24.4 Å². The highest BCUT2D eigenvalue weighted by Crippen LogP contribution is 2.43. The summed E-state index contributed by atoms with van der Waals surface area (Å²) >= 11 is 12.7. The van der Waals surface area contributed by atoms with Crippen LogP contribution in [-0.2, 0) is 0 Å². The molecule has 2 nitrogen and oxygen atoms in total. The van der Waals surface area contributed by atoms with Crippen molar-refractivity contribution >= 4 is 29.4 Å². The topological polar surface area (TPSA) is 15.6 Å². The number of rotatable bonds is 5. The molecule has 0 radical (unpaired) electrons. The number of piperidine rings is 3. The van der Waals surface area contributed by atoms with Crippen molar-refractivity contribution in [2.75, 3.05) is 13.1 Å². The van der Waals surface area contributed by atoms with E-state index in [9.17, 15) is 0 Å². The van der Waals surface area contributed by atoms with Crippen LogP contribution >= 0.6 is 23.2 Å². The summed E-state index contributed by atoms with van der Waals surface area (Å²) < 4.78 is 0. The van der Waals surface area contributed by atoms with Crippen molar-refractivity contribution in [3.05, 3.63) is 106 Å². The van der Waals surface area contributed by atoms with Gasteiger partial charge in [0.05, 0.1) is 16.1 Å². The SMILES string of the molecule is Clc1cccc(/C=N/[C@@H]2C3CCN(CC3)[C@H]2C(c2ccccc2)c2ccccc2)c1Cl. The van der Waals surface area contributed by atoms with Crippen molar-refractivity contribution < 1.29 is 0 Å². The van der Waals surface area contributed by atoms with Crippen LogP contribution in [0.1, 0.15) is 35.4 Å². The normalized spacial score (nSPS) is 25.4. The van der Waals surface area contributed by atoms with Crippen LogP contribution < -0.4 is 0 Å². The van der Waals surface area contributed by atoms with E-state index in [2.05, 4.69) is 65.6 Å². The summed E-state index contributed by atoms with van der Waals surface area (Å²) in [5.74, 6) is 0.876. The highest BCUT2D eigenvalue weighted by Gasteiger charge is 2.46. The largest absolute Gasteiger partial charge is 0.297 e. The maximum atomic E-state index is 6.45. The van der Waals surface area contributed by atoms with Gasteiger partial charge in [-0.2, -0.15) is 0 Å². The number of hydrogen-bond acceptors (Lipinski definition) is 2. The summed E-state index contributed by atoms with van der Waals surface area (Å²) in [7, 11) is 0. The second-order valence-electron chi connectivity index (χ2n) is 8.57. The predicted molar refractivity (Wildman–Crippen MR) is 131 cm³/mol. The van der Waals surface area contributed by atoms with Crippen molar-refractivity contribution in [3.8, 4) is 0 Å². The first-order valence-corrected chi connectivity index (χ1v) is 11.8. The highest BCUT2D eigenvalue weighted by molar-refractivity contribution is 6.43. The number of aliphatic imine (C=N–C) groups is 1. The molecule has 0 aromatic heterocycles. The third-order valence-electron chi connectivity index (χ3n) is 6.85. The fourth-order valence-electron chi connectivity index (χ4n) is 5.37. The van der Waals surface area contributed by atoms with Crippen LogP contribution in [0.25, 0.3) is 0 Å². The van der Waals surface area contributed by atoms with Gasteiger partial charge in [0, 0.05) is 23.7 Å². The van der Waals surface area contributed by atoms with Gasteiger partial charge < -0.3 is 0 Å². The Kier molecular flexibility index (Phi) is 6.13. The Morgan fingerprint density at radius 2 is 1.42 bits per heavy atom. The fraction of sp³-hybridized carbons (Fsp3) is 0.296. The minimum atomic E-state index is 0.225. The van der Waals surface area contributed by atoms with Crippen molar-refractivity contribution in [2.24, 2.45) is 10.9 Å². The van der Waals surface area contributed by atoms with Gasteiger partial charge in [0.15, 0.2) is 0 Å². The van der Waals surface area contributed by atoms with Gasteiger partial charge in [0.25, 0.3) is 0 Å². The minimum Gasteiger partial charge on any atom is -0.297 e. The zero-order chi connectivity index (χ0) is 21.2. The fourth-order valence-corrected chi connectivity index (χ4v) is 5.72. The summed E-state index contributed by atoms with van der Waals surface area (Å²) in [4.78, 5) is 7.84. The maximum Gasteiger partial charge on any atom is 0.0693 e. The van der Waals surface area contributed by atoms with Gasteiger partial charge in [-0.3, -0.25) is 9.89 Å². The third kappa shape index (κ3) is 4.17. The molecule has 3 aliphatic rings. The van der Waals surface area contributed by atoms with Crippen molar-refractivity contribution in [2.45, 2.75) is 30.8 Å². The monoisotopic (exact) mass is 448 g/mol. The number of benzene rings is 3. The summed E-state index contributed by atoms with van der Waals surface area (Å²) in [6.07, 6.45) is 4.36. The molecule has 0 spiro atoms. The molecule has 3 aromatic carbocycles. The summed E-state index contributed by atoms with van der Waals surface area (Å²) in [5, 5.41) is 1.15. The van der Waals surface area contributed by atoms with Gasteiger partial charge in [-0.05, 0) is 49.0 Å². The van der Waals surface area contributed by atoms with Gasteiger partial charge >= 0.3 is 0 Å². The molecule has 0 aliphatic carbocycles. The molecule has 158 valence electrons. The molecule has 0 saturated carbocycles. The quantitative estimate of drug-likeness (QED) is 0.396. The number of halogens is 2. The molecule has 0 unspecified atom stereocenters. The van der Waals surface area contributed by atoms with Crippen molar-refractivity contribution in [1.29, 1.82) is 0 Å². The lowest BCUT2D eigenvalue weighted by atomic mass is 9.71. The Labute approximate surface area is 194 Å². The summed E-state index contributed by atoms with van der Waals surface area (Å²) in [6, 6.07) is 28.1. The molecule has 3 aliphatic heterocycles. The van der Waals surface area contributed by atoms with Crippen LogP contribution in [0.5, 0.6) is 0 Å². The molecule has 2 bridgehead atoms. The molecular weight excluding hydrogens is 423 g/mol. The van der Waals surface area contributed by atoms with Gasteiger partial charge in [0.1, 0.15) is 0 Å². The lowest BCUT2D eigenvalue weighted by molar-refractivity contribution is 0.0215. The van der Waals surface area contributed by atoms with Crippen LogP contribution in [0.4, 0.5) is 0 Å². The third-order valence-corrected chi connectivity index (χ3v) is 7.69.